The zero-order valence-electron chi connectivity index (χ0n) is 12.9. The molecular formula is C15H13F2N7O. The molecule has 1 saturated carbocycles. The number of tetrazole rings is 1. The van der Waals surface area contributed by atoms with E-state index in [0.717, 1.165) is 18.4 Å². The number of nitrogens with one attached hydrogen (secondary N) is 2. The average Bonchev–Trinajstić information content (AvgIpc) is 3.18. The van der Waals surface area contributed by atoms with E-state index in [0.29, 0.717) is 17.3 Å². The second-order valence-corrected chi connectivity index (χ2v) is 5.64. The molecule has 0 spiro atoms. The molecule has 3 aromatic rings. The van der Waals surface area contributed by atoms with Gasteiger partial charge < -0.3 is 10.1 Å². The highest BCUT2D eigenvalue weighted by Crippen LogP contribution is 2.48. The number of hydrogen-bond acceptors (Lipinski definition) is 7. The van der Waals surface area contributed by atoms with Crippen molar-refractivity contribution in [2.45, 2.75) is 25.0 Å². The van der Waals surface area contributed by atoms with E-state index < -0.39 is 6.61 Å². The van der Waals surface area contributed by atoms with Crippen molar-refractivity contribution in [2.75, 3.05) is 5.32 Å². The minimum absolute atomic E-state index is 0.135. The van der Waals surface area contributed by atoms with Gasteiger partial charge in [0.25, 0.3) is 0 Å². The molecule has 0 atom stereocenters. The fraction of sp³-hybridized carbons (Fsp3) is 0.267. The first-order valence-electron chi connectivity index (χ1n) is 7.54. The molecule has 10 heteroatoms. The van der Waals surface area contributed by atoms with E-state index in [1.807, 2.05) is 0 Å². The second-order valence-electron chi connectivity index (χ2n) is 5.64. The largest absolute Gasteiger partial charge is 0.435 e. The van der Waals surface area contributed by atoms with Crippen LogP contribution in [0, 0.1) is 0 Å². The number of ether oxygens (including phenoxy) is 1. The van der Waals surface area contributed by atoms with Gasteiger partial charge in [-0.3, -0.25) is 0 Å². The fourth-order valence-corrected chi connectivity index (χ4v) is 2.57. The molecule has 8 nitrogen and oxygen atoms in total. The van der Waals surface area contributed by atoms with Crippen LogP contribution in [-0.4, -0.2) is 37.2 Å². The van der Waals surface area contributed by atoms with Gasteiger partial charge in [-0.15, -0.1) is 10.2 Å². The van der Waals surface area contributed by atoms with Crippen LogP contribution in [-0.2, 0) is 5.54 Å². The molecule has 2 heterocycles. The number of anilines is 1. The lowest BCUT2D eigenvalue weighted by Gasteiger charge is -2.18. The number of H-pyrrole nitrogens is 1. The molecule has 0 bridgehead atoms. The van der Waals surface area contributed by atoms with Gasteiger partial charge in [-0.05, 0) is 35.8 Å². The highest BCUT2D eigenvalue weighted by atomic mass is 19.3. The summed E-state index contributed by atoms with van der Waals surface area (Å²) in [5, 5.41) is 16.9. The third-order valence-corrected chi connectivity index (χ3v) is 3.99. The van der Waals surface area contributed by atoms with Gasteiger partial charge in [-0.1, -0.05) is 12.1 Å². The minimum atomic E-state index is -2.83. The van der Waals surface area contributed by atoms with E-state index >= 15 is 0 Å². The maximum absolute atomic E-state index is 12.2. The van der Waals surface area contributed by atoms with Crippen LogP contribution in [0.4, 0.5) is 14.7 Å². The minimum Gasteiger partial charge on any atom is -0.435 e. The highest BCUT2D eigenvalue weighted by Gasteiger charge is 2.45. The fourth-order valence-electron chi connectivity index (χ4n) is 2.57. The lowest BCUT2D eigenvalue weighted by Crippen LogP contribution is -2.20. The summed E-state index contributed by atoms with van der Waals surface area (Å²) in [5.41, 5.74) is 1.34. The molecule has 0 radical (unpaired) electrons. The molecule has 2 N–H and O–H groups in total. The molecule has 0 aliphatic heterocycles. The van der Waals surface area contributed by atoms with Crippen LogP contribution in [0.1, 0.15) is 18.4 Å². The summed E-state index contributed by atoms with van der Waals surface area (Å²) in [5.74, 6) is 1.02. The topological polar surface area (TPSA) is 102 Å². The molecular weight excluding hydrogens is 332 g/mol. The van der Waals surface area contributed by atoms with E-state index in [9.17, 15) is 8.78 Å². The van der Waals surface area contributed by atoms with E-state index in [-0.39, 0.29) is 11.3 Å². The van der Waals surface area contributed by atoms with Crippen molar-refractivity contribution in [1.82, 2.24) is 30.6 Å². The molecule has 128 valence electrons. The highest BCUT2D eigenvalue weighted by molar-refractivity contribution is 5.52. The van der Waals surface area contributed by atoms with Gasteiger partial charge in [0, 0.05) is 12.4 Å². The van der Waals surface area contributed by atoms with E-state index in [1.54, 1.807) is 24.5 Å². The predicted octanol–water partition coefficient (Wildman–Crippen LogP) is 2.36. The Hall–Kier alpha value is -3.17. The Balaban J connectivity index is 1.48. The average molecular weight is 345 g/mol. The number of alkyl halides is 2. The van der Waals surface area contributed by atoms with E-state index in [2.05, 4.69) is 40.6 Å². The van der Waals surface area contributed by atoms with E-state index in [1.165, 1.54) is 12.1 Å². The molecule has 2 aromatic heterocycles. The monoisotopic (exact) mass is 345 g/mol. The Bertz CT molecular complexity index is 833. The summed E-state index contributed by atoms with van der Waals surface area (Å²) in [6, 6.07) is 6.60. The lowest BCUT2D eigenvalue weighted by atomic mass is 10.1. The van der Waals surface area contributed by atoms with E-state index in [4.69, 9.17) is 0 Å². The number of benzene rings is 1. The molecule has 4 rings (SSSR count). The summed E-state index contributed by atoms with van der Waals surface area (Å²) in [4.78, 5) is 8.55. The maximum atomic E-state index is 12.2. The van der Waals surface area contributed by atoms with Crippen LogP contribution >= 0.6 is 0 Å². The van der Waals surface area contributed by atoms with Gasteiger partial charge in [0.15, 0.2) is 0 Å². The number of halogens is 2. The van der Waals surface area contributed by atoms with Crippen molar-refractivity contribution in [1.29, 1.82) is 0 Å². The molecule has 1 aromatic carbocycles. The van der Waals surface area contributed by atoms with Gasteiger partial charge in [-0.2, -0.15) is 14.0 Å². The number of aromatic amines is 1. The molecule has 0 unspecified atom stereocenters. The van der Waals surface area contributed by atoms with Crippen molar-refractivity contribution in [3.05, 3.63) is 42.2 Å². The first-order chi connectivity index (χ1) is 12.1. The Morgan fingerprint density at radius 2 is 1.84 bits per heavy atom. The summed E-state index contributed by atoms with van der Waals surface area (Å²) in [6.45, 7) is -2.83. The molecule has 0 saturated heterocycles. The number of aromatic nitrogens is 6. The van der Waals surface area contributed by atoms with Crippen molar-refractivity contribution < 1.29 is 13.5 Å². The summed E-state index contributed by atoms with van der Waals surface area (Å²) in [7, 11) is 0. The molecule has 1 fully saturated rings. The van der Waals surface area contributed by atoms with Crippen LogP contribution in [0.3, 0.4) is 0 Å². The number of nitrogens with zero attached hydrogens (tertiary/aromatic N) is 5. The Kier molecular flexibility index (Phi) is 3.71. The zero-order chi connectivity index (χ0) is 17.3. The quantitative estimate of drug-likeness (QED) is 0.707. The van der Waals surface area contributed by atoms with Crippen LogP contribution in [0.15, 0.2) is 36.7 Å². The Morgan fingerprint density at radius 1 is 1.12 bits per heavy atom. The molecule has 25 heavy (non-hydrogen) atoms. The third-order valence-electron chi connectivity index (χ3n) is 3.99. The van der Waals surface area contributed by atoms with Crippen LogP contribution in [0.25, 0.3) is 11.4 Å². The third kappa shape index (κ3) is 3.23. The first kappa shape index (κ1) is 15.4. The SMILES string of the molecule is FC(F)Oc1ccc(C2(Nc3ncc(-c4nn[nH]n4)cn3)CC2)cc1. The van der Waals surface area contributed by atoms with Crippen molar-refractivity contribution in [3.63, 3.8) is 0 Å². The smallest absolute Gasteiger partial charge is 0.387 e. The van der Waals surface area contributed by atoms with Gasteiger partial charge in [0.1, 0.15) is 5.75 Å². The summed E-state index contributed by atoms with van der Waals surface area (Å²) < 4.78 is 28.8. The maximum Gasteiger partial charge on any atom is 0.387 e. The van der Waals surface area contributed by atoms with Gasteiger partial charge >= 0.3 is 6.61 Å². The van der Waals surface area contributed by atoms with Crippen LogP contribution < -0.4 is 10.1 Å². The van der Waals surface area contributed by atoms with Crippen molar-refractivity contribution >= 4 is 5.95 Å². The molecule has 1 aliphatic carbocycles. The summed E-state index contributed by atoms with van der Waals surface area (Å²) >= 11 is 0. The van der Waals surface area contributed by atoms with Gasteiger partial charge in [0.05, 0.1) is 11.1 Å². The predicted molar refractivity (Wildman–Crippen MR) is 82.8 cm³/mol. The summed E-state index contributed by atoms with van der Waals surface area (Å²) in [6.07, 6.45) is 5.02. The normalized spacial score (nSPS) is 15.2. The zero-order valence-corrected chi connectivity index (χ0v) is 12.9. The number of rotatable bonds is 6. The Morgan fingerprint density at radius 3 is 2.40 bits per heavy atom. The Labute approximate surface area is 140 Å². The van der Waals surface area contributed by atoms with Crippen LogP contribution in [0.5, 0.6) is 5.75 Å². The van der Waals surface area contributed by atoms with Gasteiger partial charge in [0.2, 0.25) is 11.8 Å². The lowest BCUT2D eigenvalue weighted by molar-refractivity contribution is -0.0498. The standard InChI is InChI=1S/C15H13F2N7O/c16-13(17)25-11-3-1-10(2-4-11)15(5-6-15)20-14-18-7-9(8-19-14)12-21-23-24-22-12/h1-4,7-8,13H,5-6H2,(H,18,19,20)(H,21,22,23,24). The van der Waals surface area contributed by atoms with Crippen molar-refractivity contribution in [3.8, 4) is 17.1 Å². The first-order valence-corrected chi connectivity index (χ1v) is 7.54. The molecule has 1 aliphatic rings. The second kappa shape index (κ2) is 6.04. The number of hydrogen-bond donors (Lipinski definition) is 2. The van der Waals surface area contributed by atoms with Gasteiger partial charge in [-0.25, -0.2) is 9.97 Å². The van der Waals surface area contributed by atoms with Crippen LogP contribution in [0.2, 0.25) is 0 Å². The van der Waals surface area contributed by atoms with Crippen molar-refractivity contribution in [2.24, 2.45) is 0 Å². The molecule has 0 amide bonds.